The average molecular weight is 226 g/mol. The molecule has 0 bridgehead atoms. The van der Waals surface area contributed by atoms with Crippen molar-refractivity contribution in [3.63, 3.8) is 0 Å². The standard InChI is InChI=1S/C9H14N4O3/c14-8(15)2-1-3-10-9(16)11-4-7-5-12-13-6-7/h5-6H,1-4H2,(H,12,13)(H,14,15)(H2,10,11,16). The molecule has 0 unspecified atom stereocenters. The summed E-state index contributed by atoms with van der Waals surface area (Å²) in [4.78, 5) is 21.4. The Morgan fingerprint density at radius 3 is 2.88 bits per heavy atom. The minimum atomic E-state index is -0.861. The number of carbonyl (C=O) groups is 2. The van der Waals surface area contributed by atoms with Crippen molar-refractivity contribution < 1.29 is 14.7 Å². The number of carboxylic acid groups (broad SMARTS) is 1. The zero-order valence-electron chi connectivity index (χ0n) is 8.69. The fourth-order valence-corrected chi connectivity index (χ4v) is 1.06. The van der Waals surface area contributed by atoms with Gasteiger partial charge in [-0.3, -0.25) is 9.89 Å². The maximum atomic E-state index is 11.2. The van der Waals surface area contributed by atoms with Crippen molar-refractivity contribution in [3.05, 3.63) is 18.0 Å². The second-order valence-electron chi connectivity index (χ2n) is 3.21. The van der Waals surface area contributed by atoms with E-state index in [1.165, 1.54) is 0 Å². The predicted molar refractivity (Wildman–Crippen MR) is 55.7 cm³/mol. The van der Waals surface area contributed by atoms with Gasteiger partial charge < -0.3 is 15.7 Å². The van der Waals surface area contributed by atoms with Gasteiger partial charge in [-0.05, 0) is 6.42 Å². The largest absolute Gasteiger partial charge is 0.481 e. The molecule has 0 aromatic carbocycles. The van der Waals surface area contributed by atoms with Crippen molar-refractivity contribution in [1.82, 2.24) is 20.8 Å². The van der Waals surface area contributed by atoms with Gasteiger partial charge in [0.1, 0.15) is 0 Å². The Kier molecular flexibility index (Phi) is 4.84. The summed E-state index contributed by atoms with van der Waals surface area (Å²) in [6.45, 7) is 0.741. The number of urea groups is 1. The van der Waals surface area contributed by atoms with E-state index in [-0.39, 0.29) is 12.5 Å². The fourth-order valence-electron chi connectivity index (χ4n) is 1.06. The lowest BCUT2D eigenvalue weighted by molar-refractivity contribution is -0.137. The SMILES string of the molecule is O=C(O)CCCNC(=O)NCc1cn[nH]c1. The molecule has 0 aliphatic carbocycles. The lowest BCUT2D eigenvalue weighted by atomic mass is 10.3. The molecule has 1 rings (SSSR count). The molecule has 4 N–H and O–H groups in total. The van der Waals surface area contributed by atoms with Gasteiger partial charge in [0, 0.05) is 31.3 Å². The summed E-state index contributed by atoms with van der Waals surface area (Å²) in [5.74, 6) is -0.861. The highest BCUT2D eigenvalue weighted by molar-refractivity contribution is 5.73. The van der Waals surface area contributed by atoms with Gasteiger partial charge in [0.2, 0.25) is 0 Å². The van der Waals surface area contributed by atoms with Crippen LogP contribution in [0.1, 0.15) is 18.4 Å². The normalized spacial score (nSPS) is 9.75. The van der Waals surface area contributed by atoms with Crippen LogP contribution >= 0.6 is 0 Å². The number of H-pyrrole nitrogens is 1. The van der Waals surface area contributed by atoms with Crippen LogP contribution in [0.4, 0.5) is 4.79 Å². The molecule has 0 saturated carbocycles. The summed E-state index contributed by atoms with van der Waals surface area (Å²) in [6.07, 6.45) is 3.78. The molecule has 0 spiro atoms. The maximum absolute atomic E-state index is 11.2. The fraction of sp³-hybridized carbons (Fsp3) is 0.444. The molecule has 1 heterocycles. The molecule has 7 heteroatoms. The van der Waals surface area contributed by atoms with Gasteiger partial charge in [-0.1, -0.05) is 0 Å². The Balaban J connectivity index is 2.05. The molecule has 1 aromatic heterocycles. The first kappa shape index (κ1) is 12.0. The van der Waals surface area contributed by atoms with Crippen LogP contribution in [0.2, 0.25) is 0 Å². The summed E-state index contributed by atoms with van der Waals surface area (Å²) in [7, 11) is 0. The quantitative estimate of drug-likeness (QED) is 0.515. The summed E-state index contributed by atoms with van der Waals surface area (Å²) >= 11 is 0. The zero-order valence-corrected chi connectivity index (χ0v) is 8.69. The van der Waals surface area contributed by atoms with E-state index in [4.69, 9.17) is 5.11 Å². The predicted octanol–water partition coefficient (Wildman–Crippen LogP) is 0.0737. The van der Waals surface area contributed by atoms with Crippen molar-refractivity contribution in [3.8, 4) is 0 Å². The molecule has 7 nitrogen and oxygen atoms in total. The third-order valence-corrected chi connectivity index (χ3v) is 1.86. The van der Waals surface area contributed by atoms with Gasteiger partial charge in [0.15, 0.2) is 0 Å². The van der Waals surface area contributed by atoms with Crippen LogP contribution < -0.4 is 10.6 Å². The van der Waals surface area contributed by atoms with Crippen LogP contribution in [0.15, 0.2) is 12.4 Å². The van der Waals surface area contributed by atoms with Crippen LogP contribution in [-0.2, 0) is 11.3 Å². The van der Waals surface area contributed by atoms with E-state index in [1.807, 2.05) is 0 Å². The minimum absolute atomic E-state index is 0.0576. The molecule has 0 saturated heterocycles. The molecule has 88 valence electrons. The topological polar surface area (TPSA) is 107 Å². The highest BCUT2D eigenvalue weighted by atomic mass is 16.4. The minimum Gasteiger partial charge on any atom is -0.481 e. The van der Waals surface area contributed by atoms with Crippen molar-refractivity contribution in [2.45, 2.75) is 19.4 Å². The van der Waals surface area contributed by atoms with E-state index in [0.29, 0.717) is 19.5 Å². The molecule has 0 fully saturated rings. The van der Waals surface area contributed by atoms with E-state index in [9.17, 15) is 9.59 Å². The van der Waals surface area contributed by atoms with Crippen molar-refractivity contribution in [2.24, 2.45) is 0 Å². The van der Waals surface area contributed by atoms with E-state index >= 15 is 0 Å². The number of carbonyl (C=O) groups excluding carboxylic acids is 1. The number of carboxylic acids is 1. The molecular weight excluding hydrogens is 212 g/mol. The average Bonchev–Trinajstić information content (AvgIpc) is 2.74. The summed E-state index contributed by atoms with van der Waals surface area (Å²) in [6, 6.07) is -0.313. The number of aliphatic carboxylic acids is 1. The third-order valence-electron chi connectivity index (χ3n) is 1.86. The van der Waals surface area contributed by atoms with E-state index in [2.05, 4.69) is 20.8 Å². The Labute approximate surface area is 92.2 Å². The Morgan fingerprint density at radius 2 is 2.25 bits per heavy atom. The number of hydrogen-bond donors (Lipinski definition) is 4. The molecule has 16 heavy (non-hydrogen) atoms. The van der Waals surface area contributed by atoms with E-state index < -0.39 is 5.97 Å². The van der Waals surface area contributed by atoms with Crippen LogP contribution in [0.5, 0.6) is 0 Å². The van der Waals surface area contributed by atoms with Gasteiger partial charge in [-0.2, -0.15) is 5.10 Å². The number of nitrogens with one attached hydrogen (secondary N) is 3. The van der Waals surface area contributed by atoms with E-state index in [0.717, 1.165) is 5.56 Å². The molecule has 0 aliphatic heterocycles. The summed E-state index contributed by atoms with van der Waals surface area (Å²) < 4.78 is 0. The molecule has 2 amide bonds. The zero-order chi connectivity index (χ0) is 11.8. The van der Waals surface area contributed by atoms with Crippen LogP contribution in [0.3, 0.4) is 0 Å². The lowest BCUT2D eigenvalue weighted by Crippen LogP contribution is -2.35. The smallest absolute Gasteiger partial charge is 0.315 e. The number of aromatic nitrogens is 2. The number of rotatable bonds is 6. The van der Waals surface area contributed by atoms with Crippen LogP contribution in [-0.4, -0.2) is 33.8 Å². The summed E-state index contributed by atoms with van der Waals surface area (Å²) in [5.41, 5.74) is 0.876. The second kappa shape index (κ2) is 6.44. The molecule has 1 aromatic rings. The first-order valence-corrected chi connectivity index (χ1v) is 4.89. The molecular formula is C9H14N4O3. The van der Waals surface area contributed by atoms with E-state index in [1.54, 1.807) is 12.4 Å². The van der Waals surface area contributed by atoms with Crippen LogP contribution in [0.25, 0.3) is 0 Å². The monoisotopic (exact) mass is 226 g/mol. The number of amides is 2. The first-order chi connectivity index (χ1) is 7.68. The van der Waals surface area contributed by atoms with Crippen molar-refractivity contribution in [2.75, 3.05) is 6.54 Å². The first-order valence-electron chi connectivity index (χ1n) is 4.89. The van der Waals surface area contributed by atoms with Gasteiger partial charge in [-0.25, -0.2) is 4.79 Å². The third kappa shape index (κ3) is 4.99. The maximum Gasteiger partial charge on any atom is 0.315 e. The second-order valence-corrected chi connectivity index (χ2v) is 3.21. The van der Waals surface area contributed by atoms with Crippen LogP contribution in [0, 0.1) is 0 Å². The number of hydrogen-bond acceptors (Lipinski definition) is 3. The van der Waals surface area contributed by atoms with Gasteiger partial charge in [0.05, 0.1) is 6.20 Å². The summed E-state index contributed by atoms with van der Waals surface area (Å²) in [5, 5.41) is 19.9. The van der Waals surface area contributed by atoms with Gasteiger partial charge >= 0.3 is 12.0 Å². The lowest BCUT2D eigenvalue weighted by Gasteiger charge is -2.05. The molecule has 0 radical (unpaired) electrons. The molecule has 0 aliphatic rings. The highest BCUT2D eigenvalue weighted by Crippen LogP contribution is 1.91. The molecule has 0 atom stereocenters. The Hall–Kier alpha value is -2.05. The Bertz CT molecular complexity index is 337. The highest BCUT2D eigenvalue weighted by Gasteiger charge is 2.01. The Morgan fingerprint density at radius 1 is 1.44 bits per heavy atom. The van der Waals surface area contributed by atoms with Crippen molar-refractivity contribution in [1.29, 1.82) is 0 Å². The van der Waals surface area contributed by atoms with Gasteiger partial charge in [-0.15, -0.1) is 0 Å². The number of aromatic amines is 1. The van der Waals surface area contributed by atoms with Gasteiger partial charge in [0.25, 0.3) is 0 Å². The number of nitrogens with zero attached hydrogens (tertiary/aromatic N) is 1. The van der Waals surface area contributed by atoms with Crippen molar-refractivity contribution >= 4 is 12.0 Å².